The van der Waals surface area contributed by atoms with E-state index in [-0.39, 0.29) is 0 Å². The van der Waals surface area contributed by atoms with E-state index in [9.17, 15) is 0 Å². The number of hydrogen-bond acceptors (Lipinski definition) is 4. The topological polar surface area (TPSA) is 60.0 Å². The molecule has 1 aromatic heterocycles. The predicted molar refractivity (Wildman–Crippen MR) is 90.9 cm³/mol. The highest BCUT2D eigenvalue weighted by Gasteiger charge is 2.09. The smallest absolute Gasteiger partial charge is 0.161 e. The zero-order valence-electron chi connectivity index (χ0n) is 14.5. The molecule has 2 rings (SSSR count). The molecule has 0 radical (unpaired) electrons. The van der Waals surface area contributed by atoms with Crippen LogP contribution in [0.1, 0.15) is 39.0 Å². The van der Waals surface area contributed by atoms with Crippen molar-refractivity contribution in [3.8, 4) is 11.5 Å². The molecule has 1 aromatic carbocycles. The molecule has 0 saturated carbocycles. The zero-order valence-corrected chi connectivity index (χ0v) is 14.5. The van der Waals surface area contributed by atoms with E-state index in [2.05, 4.69) is 55.2 Å². The number of aryl methyl sites for hydroxylation is 2. The lowest BCUT2D eigenvalue weighted by molar-refractivity contribution is 0.229. The summed E-state index contributed by atoms with van der Waals surface area (Å²) in [4.78, 5) is 0. The monoisotopic (exact) mass is 317 g/mol. The molecule has 23 heavy (non-hydrogen) atoms. The second kappa shape index (κ2) is 8.56. The van der Waals surface area contributed by atoms with Crippen LogP contribution in [-0.4, -0.2) is 28.6 Å². The minimum absolute atomic E-state index is 0.478. The van der Waals surface area contributed by atoms with Crippen molar-refractivity contribution < 1.29 is 9.47 Å². The Morgan fingerprint density at radius 2 is 1.65 bits per heavy atom. The van der Waals surface area contributed by atoms with E-state index in [1.165, 1.54) is 5.56 Å². The lowest BCUT2D eigenvalue weighted by atomic mass is 10.1. The Balaban J connectivity index is 2.06. The van der Waals surface area contributed by atoms with Gasteiger partial charge in [0, 0.05) is 0 Å². The third kappa shape index (κ3) is 5.93. The summed E-state index contributed by atoms with van der Waals surface area (Å²) in [6, 6.07) is 6.19. The Morgan fingerprint density at radius 1 is 0.957 bits per heavy atom. The van der Waals surface area contributed by atoms with Crippen LogP contribution in [0.2, 0.25) is 0 Å². The highest BCUT2D eigenvalue weighted by Crippen LogP contribution is 2.30. The first-order valence-corrected chi connectivity index (χ1v) is 8.27. The highest BCUT2D eigenvalue weighted by molar-refractivity contribution is 5.43. The molecule has 0 bridgehead atoms. The van der Waals surface area contributed by atoms with Crippen molar-refractivity contribution in [2.75, 3.05) is 13.2 Å². The van der Waals surface area contributed by atoms with E-state index < -0.39 is 0 Å². The average Bonchev–Trinajstić information content (AvgIpc) is 3.03. The maximum absolute atomic E-state index is 5.95. The molecule has 0 unspecified atom stereocenters. The summed E-state index contributed by atoms with van der Waals surface area (Å²) < 4.78 is 11.8. The van der Waals surface area contributed by atoms with Gasteiger partial charge in [-0.3, -0.25) is 0 Å². The molecule has 1 heterocycles. The Hall–Kier alpha value is -2.04. The van der Waals surface area contributed by atoms with Crippen LogP contribution in [0.5, 0.6) is 11.5 Å². The Morgan fingerprint density at radius 3 is 2.26 bits per heavy atom. The van der Waals surface area contributed by atoms with Crippen molar-refractivity contribution in [2.24, 2.45) is 11.8 Å². The van der Waals surface area contributed by atoms with E-state index >= 15 is 0 Å². The van der Waals surface area contributed by atoms with Gasteiger partial charge in [-0.05, 0) is 42.4 Å². The first-order chi connectivity index (χ1) is 11.0. The zero-order chi connectivity index (χ0) is 16.7. The SMILES string of the molecule is CC(C)COc1ccc(CCc2cn[nH]n2)cc1OCC(C)C. The van der Waals surface area contributed by atoms with E-state index in [0.717, 1.165) is 30.0 Å². The number of nitrogens with one attached hydrogen (secondary N) is 1. The van der Waals surface area contributed by atoms with Gasteiger partial charge in [-0.1, -0.05) is 33.8 Å². The molecule has 0 amide bonds. The molecule has 0 aliphatic rings. The fourth-order valence-electron chi connectivity index (χ4n) is 2.07. The minimum atomic E-state index is 0.478. The summed E-state index contributed by atoms with van der Waals surface area (Å²) in [6.07, 6.45) is 3.51. The van der Waals surface area contributed by atoms with Gasteiger partial charge < -0.3 is 9.47 Å². The molecule has 5 nitrogen and oxygen atoms in total. The van der Waals surface area contributed by atoms with E-state index in [1.54, 1.807) is 6.20 Å². The summed E-state index contributed by atoms with van der Waals surface area (Å²) in [5.41, 5.74) is 2.18. The fourth-order valence-corrected chi connectivity index (χ4v) is 2.07. The van der Waals surface area contributed by atoms with Gasteiger partial charge in [0.2, 0.25) is 0 Å². The first kappa shape index (κ1) is 17.3. The number of aromatic nitrogens is 3. The minimum Gasteiger partial charge on any atom is -0.489 e. The third-order valence-electron chi connectivity index (χ3n) is 3.29. The second-order valence-corrected chi connectivity index (χ2v) is 6.65. The normalized spacial score (nSPS) is 11.2. The number of hydrogen-bond donors (Lipinski definition) is 1. The summed E-state index contributed by atoms with van der Waals surface area (Å²) >= 11 is 0. The lowest BCUT2D eigenvalue weighted by Gasteiger charge is -2.16. The van der Waals surface area contributed by atoms with Crippen molar-refractivity contribution in [3.63, 3.8) is 0 Å². The number of benzene rings is 1. The predicted octanol–water partition coefficient (Wildman–Crippen LogP) is 3.66. The molecule has 1 N–H and O–H groups in total. The second-order valence-electron chi connectivity index (χ2n) is 6.65. The first-order valence-electron chi connectivity index (χ1n) is 8.27. The number of rotatable bonds is 9. The summed E-state index contributed by atoms with van der Waals surface area (Å²) in [6.45, 7) is 9.94. The maximum atomic E-state index is 5.95. The van der Waals surface area contributed by atoms with Gasteiger partial charge in [0.1, 0.15) is 0 Å². The molecule has 0 saturated heterocycles. The summed E-state index contributed by atoms with van der Waals surface area (Å²) in [5, 5.41) is 10.6. The summed E-state index contributed by atoms with van der Waals surface area (Å²) in [5.74, 6) is 2.62. The van der Waals surface area contributed by atoms with Crippen molar-refractivity contribution in [2.45, 2.75) is 40.5 Å². The number of aromatic amines is 1. The molecule has 0 aliphatic carbocycles. The average molecular weight is 317 g/mol. The quantitative estimate of drug-likeness (QED) is 0.767. The van der Waals surface area contributed by atoms with Crippen LogP contribution in [0, 0.1) is 11.8 Å². The molecule has 2 aromatic rings. The van der Waals surface area contributed by atoms with Crippen LogP contribution in [0.4, 0.5) is 0 Å². The van der Waals surface area contributed by atoms with Crippen molar-refractivity contribution >= 4 is 0 Å². The van der Waals surface area contributed by atoms with Gasteiger partial charge >= 0.3 is 0 Å². The Kier molecular flexibility index (Phi) is 6.44. The Bertz CT molecular complexity index is 580. The highest BCUT2D eigenvalue weighted by atomic mass is 16.5. The third-order valence-corrected chi connectivity index (χ3v) is 3.29. The molecule has 0 spiro atoms. The lowest BCUT2D eigenvalue weighted by Crippen LogP contribution is -2.09. The van der Waals surface area contributed by atoms with Crippen LogP contribution in [0.15, 0.2) is 24.4 Å². The fraction of sp³-hybridized carbons (Fsp3) is 0.556. The Labute approximate surface area is 138 Å². The van der Waals surface area contributed by atoms with Crippen LogP contribution < -0.4 is 9.47 Å². The van der Waals surface area contributed by atoms with Gasteiger partial charge in [0.05, 0.1) is 25.1 Å². The maximum Gasteiger partial charge on any atom is 0.161 e. The van der Waals surface area contributed by atoms with Crippen LogP contribution in [0.3, 0.4) is 0 Å². The van der Waals surface area contributed by atoms with Crippen molar-refractivity contribution in [3.05, 3.63) is 35.7 Å². The number of ether oxygens (including phenoxy) is 2. The summed E-state index contributed by atoms with van der Waals surface area (Å²) in [7, 11) is 0. The number of nitrogens with zero attached hydrogens (tertiary/aromatic N) is 2. The van der Waals surface area contributed by atoms with Crippen molar-refractivity contribution in [1.82, 2.24) is 15.4 Å². The number of H-pyrrole nitrogens is 1. The molecule has 0 fully saturated rings. The van der Waals surface area contributed by atoms with Crippen LogP contribution in [-0.2, 0) is 12.8 Å². The van der Waals surface area contributed by atoms with E-state index in [4.69, 9.17) is 9.47 Å². The van der Waals surface area contributed by atoms with Gasteiger partial charge in [-0.2, -0.15) is 15.4 Å². The standard InChI is InChI=1S/C18H27N3O2/c1-13(2)11-22-17-8-6-15(5-7-16-10-19-21-20-16)9-18(17)23-12-14(3)4/h6,8-10,13-14H,5,7,11-12H2,1-4H3,(H,19,20,21). The van der Waals surface area contributed by atoms with Crippen LogP contribution >= 0.6 is 0 Å². The molecule has 0 atom stereocenters. The molecule has 0 aliphatic heterocycles. The van der Waals surface area contributed by atoms with E-state index in [1.807, 2.05) is 6.07 Å². The van der Waals surface area contributed by atoms with Gasteiger partial charge in [0.25, 0.3) is 0 Å². The molecular formula is C18H27N3O2. The molecule has 5 heteroatoms. The largest absolute Gasteiger partial charge is 0.489 e. The molecular weight excluding hydrogens is 290 g/mol. The van der Waals surface area contributed by atoms with Gasteiger partial charge in [-0.15, -0.1) is 0 Å². The van der Waals surface area contributed by atoms with Crippen molar-refractivity contribution in [1.29, 1.82) is 0 Å². The van der Waals surface area contributed by atoms with Gasteiger partial charge in [0.15, 0.2) is 11.5 Å². The van der Waals surface area contributed by atoms with E-state index in [0.29, 0.717) is 25.0 Å². The van der Waals surface area contributed by atoms with Crippen LogP contribution in [0.25, 0.3) is 0 Å². The van der Waals surface area contributed by atoms with Gasteiger partial charge in [-0.25, -0.2) is 0 Å². The molecule has 126 valence electrons.